The molecule has 3 saturated heterocycles. The second kappa shape index (κ2) is 18.8. The van der Waals surface area contributed by atoms with Crippen LogP contribution in [0.3, 0.4) is 0 Å². The summed E-state index contributed by atoms with van der Waals surface area (Å²) in [6.45, 7) is 14.9. The Morgan fingerprint density at radius 1 is 1.11 bits per heavy atom. The van der Waals surface area contributed by atoms with Gasteiger partial charge in [0, 0.05) is 48.5 Å². The van der Waals surface area contributed by atoms with Gasteiger partial charge in [0.15, 0.2) is 12.1 Å². The predicted molar refractivity (Wildman–Crippen MR) is 203 cm³/mol. The SMILES string of the molecule is CC[C@H]1OC(=O)[C@H](C)C(=O)[C@H](C)[C@@H](O[C@@H]2O[C@H](C)C[C@H](N(C)C)[C@H]2O)C2(C)C[C@@H](C)C(=NC(C)=O)[C@H](C)[C@@H](OC/C(=N/OCc3cccnc3)CO2)[C@]1(C)O. The lowest BCUT2D eigenvalue weighted by molar-refractivity contribution is -0.296. The van der Waals surface area contributed by atoms with Crippen LogP contribution in [-0.4, -0.2) is 131 Å². The third kappa shape index (κ3) is 10.6. The molecule has 3 fully saturated rings. The molecule has 0 spiro atoms. The van der Waals surface area contributed by atoms with Gasteiger partial charge >= 0.3 is 5.97 Å². The molecular weight excluding hydrogens is 712 g/mol. The number of likely N-dealkylation sites (N-methyl/N-ethyl adjacent to an activating group) is 1. The third-order valence-electron chi connectivity index (χ3n) is 11.3. The van der Waals surface area contributed by atoms with Gasteiger partial charge in [0.25, 0.3) is 0 Å². The van der Waals surface area contributed by atoms with Crippen molar-refractivity contribution in [3.63, 3.8) is 0 Å². The van der Waals surface area contributed by atoms with Gasteiger partial charge in [-0.05, 0) is 73.0 Å². The van der Waals surface area contributed by atoms with Crippen LogP contribution in [0.5, 0.6) is 0 Å². The highest BCUT2D eigenvalue weighted by molar-refractivity contribution is 6.00. The van der Waals surface area contributed by atoms with Crippen molar-refractivity contribution in [3.8, 4) is 0 Å². The van der Waals surface area contributed by atoms with Crippen LogP contribution < -0.4 is 0 Å². The maximum absolute atomic E-state index is 14.4. The summed E-state index contributed by atoms with van der Waals surface area (Å²) in [6.07, 6.45) is -1.70. The van der Waals surface area contributed by atoms with E-state index in [2.05, 4.69) is 15.1 Å². The molecule has 13 atom stereocenters. The first-order valence-electron chi connectivity index (χ1n) is 19.3. The number of Topliss-reactive ketones (excluding diaryl/α,β-unsaturated/α-hetero) is 1. The summed E-state index contributed by atoms with van der Waals surface area (Å²) in [5.41, 5.74) is -1.71. The van der Waals surface area contributed by atoms with E-state index in [4.69, 9.17) is 28.5 Å². The van der Waals surface area contributed by atoms with Crippen molar-refractivity contribution in [1.29, 1.82) is 0 Å². The molecule has 2 bridgehead atoms. The lowest BCUT2D eigenvalue weighted by Gasteiger charge is -2.47. The van der Waals surface area contributed by atoms with Crippen molar-refractivity contribution in [2.45, 2.75) is 142 Å². The van der Waals surface area contributed by atoms with E-state index in [1.807, 2.05) is 38.9 Å². The van der Waals surface area contributed by atoms with Crippen LogP contribution >= 0.6 is 0 Å². The van der Waals surface area contributed by atoms with Crippen LogP contribution in [0, 0.1) is 23.7 Å². The number of aromatic nitrogens is 1. The van der Waals surface area contributed by atoms with E-state index in [-0.39, 0.29) is 44.8 Å². The van der Waals surface area contributed by atoms with E-state index in [0.29, 0.717) is 17.8 Å². The Bertz CT molecular complexity index is 1540. The smallest absolute Gasteiger partial charge is 0.316 e. The minimum absolute atomic E-state index is 0.101. The van der Waals surface area contributed by atoms with E-state index >= 15 is 0 Å². The summed E-state index contributed by atoms with van der Waals surface area (Å²) in [7, 11) is 3.73. The fourth-order valence-electron chi connectivity index (χ4n) is 8.29. The molecule has 4 rings (SSSR count). The summed E-state index contributed by atoms with van der Waals surface area (Å²) in [4.78, 5) is 57.3. The summed E-state index contributed by atoms with van der Waals surface area (Å²) in [5, 5.41) is 28.4. The monoisotopic (exact) mass is 774 g/mol. The lowest BCUT2D eigenvalue weighted by Crippen LogP contribution is -2.60. The molecule has 1 amide bonds. The molecule has 3 aliphatic rings. The maximum Gasteiger partial charge on any atom is 0.316 e. The molecule has 2 N–H and O–H groups in total. The lowest BCUT2D eigenvalue weighted by atomic mass is 9.73. The Labute approximate surface area is 325 Å². The highest BCUT2D eigenvalue weighted by Crippen LogP contribution is 2.40. The topological polar surface area (TPSA) is 188 Å². The van der Waals surface area contributed by atoms with Crippen LogP contribution in [0.25, 0.3) is 0 Å². The fraction of sp³-hybridized carbons (Fsp3) is 0.750. The van der Waals surface area contributed by atoms with E-state index in [0.717, 1.165) is 5.56 Å². The zero-order valence-corrected chi connectivity index (χ0v) is 34.3. The first kappa shape index (κ1) is 44.5. The number of aliphatic hydroxyl groups excluding tert-OH is 1. The van der Waals surface area contributed by atoms with Gasteiger partial charge in [-0.15, -0.1) is 0 Å². The highest BCUT2D eigenvalue weighted by atomic mass is 16.7. The largest absolute Gasteiger partial charge is 0.459 e. The molecule has 0 aromatic carbocycles. The molecule has 308 valence electrons. The molecule has 1 aromatic heterocycles. The number of pyridine rings is 1. The Kier molecular flexibility index (Phi) is 15.3. The second-order valence-electron chi connectivity index (χ2n) is 16.2. The van der Waals surface area contributed by atoms with Crippen molar-refractivity contribution in [2.24, 2.45) is 33.8 Å². The fourth-order valence-corrected chi connectivity index (χ4v) is 8.29. The molecule has 4 heterocycles. The van der Waals surface area contributed by atoms with E-state index < -0.39 is 83.2 Å². The number of hydrogen-bond acceptors (Lipinski definition) is 14. The van der Waals surface area contributed by atoms with E-state index in [1.165, 1.54) is 20.8 Å². The molecule has 55 heavy (non-hydrogen) atoms. The van der Waals surface area contributed by atoms with Crippen molar-refractivity contribution < 1.29 is 53.1 Å². The van der Waals surface area contributed by atoms with Gasteiger partial charge in [0.1, 0.15) is 36.0 Å². The van der Waals surface area contributed by atoms with Crippen LogP contribution in [0.1, 0.15) is 87.1 Å². The Morgan fingerprint density at radius 3 is 2.44 bits per heavy atom. The van der Waals surface area contributed by atoms with Crippen molar-refractivity contribution in [2.75, 3.05) is 27.3 Å². The number of oxime groups is 1. The number of hydrogen-bond donors (Lipinski definition) is 2. The van der Waals surface area contributed by atoms with Gasteiger partial charge in [-0.3, -0.25) is 19.4 Å². The number of ketones is 1. The molecular formula is C40H62N4O11. The number of esters is 1. The number of carbonyl (C=O) groups excluding carboxylic acids is 3. The number of aliphatic hydroxyl groups is 2. The number of nitrogens with zero attached hydrogens (tertiary/aromatic N) is 4. The molecule has 15 heteroatoms. The molecule has 0 aliphatic carbocycles. The van der Waals surface area contributed by atoms with Gasteiger partial charge in [-0.1, -0.05) is 38.9 Å². The normalized spacial score (nSPS) is 39.9. The zero-order chi connectivity index (χ0) is 40.8. The molecule has 1 aromatic rings. The third-order valence-corrected chi connectivity index (χ3v) is 11.3. The first-order chi connectivity index (χ1) is 25.8. The van der Waals surface area contributed by atoms with Crippen molar-refractivity contribution in [1.82, 2.24) is 9.88 Å². The van der Waals surface area contributed by atoms with Crippen LogP contribution in [0.4, 0.5) is 0 Å². The van der Waals surface area contributed by atoms with Crippen molar-refractivity contribution in [3.05, 3.63) is 30.1 Å². The predicted octanol–water partition coefficient (Wildman–Crippen LogP) is 3.52. The van der Waals surface area contributed by atoms with E-state index in [1.54, 1.807) is 46.2 Å². The quantitative estimate of drug-likeness (QED) is 0.233. The number of fused-ring (bicyclic) bond motifs is 5. The van der Waals surface area contributed by atoms with Crippen molar-refractivity contribution >= 4 is 29.1 Å². The standard InChI is InChI=1S/C40H62N4O11/c1-12-31-40(9,49)36-24(4)32(42-27(7)45)22(2)17-39(8,51-21-29(20-50-36)43-52-19-28-14-13-15-41-18-28)35(25(5)33(46)26(6)37(48)54-31)55-38-34(47)30(44(10)11)16-23(3)53-38/h13-15,18,22-26,30-31,34-36,38,47,49H,12,16-17,19-21H2,1-11H3/b42-32?,43-29-/t22-,23-,24+,25+,26-,30+,31-,34-,35-,36-,38+,39?,40-/m1/s1. The van der Waals surface area contributed by atoms with Crippen LogP contribution in [-0.2, 0) is 49.5 Å². The number of amides is 1. The van der Waals surface area contributed by atoms with Crippen LogP contribution in [0.2, 0.25) is 0 Å². The molecule has 3 aliphatic heterocycles. The maximum atomic E-state index is 14.4. The average molecular weight is 775 g/mol. The first-order valence-corrected chi connectivity index (χ1v) is 19.3. The van der Waals surface area contributed by atoms with E-state index in [9.17, 15) is 24.6 Å². The number of rotatable bonds is 7. The van der Waals surface area contributed by atoms with Gasteiger partial charge in [-0.25, -0.2) is 4.99 Å². The minimum atomic E-state index is -1.83. The number of carbonyl (C=O) groups is 3. The minimum Gasteiger partial charge on any atom is -0.459 e. The molecule has 15 nitrogen and oxygen atoms in total. The number of aliphatic imine (C=N–C) groups is 1. The molecule has 0 radical (unpaired) electrons. The summed E-state index contributed by atoms with van der Waals surface area (Å²) in [5.74, 6) is -5.25. The number of cyclic esters (lactones) is 1. The Balaban J connectivity index is 1.94. The number of ether oxygens (including phenoxy) is 5. The van der Waals surface area contributed by atoms with Gasteiger partial charge < -0.3 is 43.6 Å². The van der Waals surface area contributed by atoms with Gasteiger partial charge in [0.2, 0.25) is 5.91 Å². The summed E-state index contributed by atoms with van der Waals surface area (Å²) >= 11 is 0. The molecule has 1 unspecified atom stereocenters. The molecule has 0 saturated carbocycles. The Hall–Kier alpha value is -3.18. The summed E-state index contributed by atoms with van der Waals surface area (Å²) in [6, 6.07) is 3.32. The van der Waals surface area contributed by atoms with Crippen LogP contribution in [0.15, 0.2) is 34.7 Å². The van der Waals surface area contributed by atoms with Gasteiger partial charge in [-0.2, -0.15) is 0 Å². The summed E-state index contributed by atoms with van der Waals surface area (Å²) < 4.78 is 32.3. The zero-order valence-electron chi connectivity index (χ0n) is 34.3. The second-order valence-corrected chi connectivity index (χ2v) is 16.2. The average Bonchev–Trinajstić information content (AvgIpc) is 3.14. The van der Waals surface area contributed by atoms with Gasteiger partial charge in [0.05, 0.1) is 37.1 Å². The highest BCUT2D eigenvalue weighted by Gasteiger charge is 2.53. The Morgan fingerprint density at radius 2 is 1.82 bits per heavy atom.